The zero-order chi connectivity index (χ0) is 28.3. The maximum absolute atomic E-state index is 13.4. The van der Waals surface area contributed by atoms with Crippen molar-refractivity contribution >= 4 is 23.7 Å². The minimum absolute atomic E-state index is 0.00890. The van der Waals surface area contributed by atoms with Crippen LogP contribution in [-0.4, -0.2) is 48.7 Å². The summed E-state index contributed by atoms with van der Waals surface area (Å²) in [6.45, 7) is 3.28. The second-order valence-electron chi connectivity index (χ2n) is 11.4. The van der Waals surface area contributed by atoms with Crippen molar-refractivity contribution in [3.63, 3.8) is 0 Å². The Morgan fingerprint density at radius 3 is 2.50 bits per heavy atom. The van der Waals surface area contributed by atoms with Gasteiger partial charge in [0, 0.05) is 48.3 Å². The van der Waals surface area contributed by atoms with Gasteiger partial charge in [0.15, 0.2) is 0 Å². The molecule has 6 nitrogen and oxygen atoms in total. The number of nitrogens with one attached hydrogen (secondary N) is 1. The van der Waals surface area contributed by atoms with Crippen LogP contribution in [0.15, 0.2) is 65.0 Å². The maximum Gasteiger partial charge on any atom is 0.330 e. The van der Waals surface area contributed by atoms with Crippen molar-refractivity contribution in [1.29, 1.82) is 0 Å². The molecule has 2 fully saturated rings. The van der Waals surface area contributed by atoms with Crippen molar-refractivity contribution in [2.75, 3.05) is 20.2 Å². The number of aliphatic imine (C=N–C) groups is 1. The van der Waals surface area contributed by atoms with E-state index in [0.29, 0.717) is 37.4 Å². The summed E-state index contributed by atoms with van der Waals surface area (Å²) < 4.78 is 32.0. The molecule has 1 saturated carbocycles. The fourth-order valence-corrected chi connectivity index (χ4v) is 6.56. The number of esters is 1. The first-order valence-corrected chi connectivity index (χ1v) is 14.2. The van der Waals surface area contributed by atoms with Gasteiger partial charge in [-0.2, -0.15) is 0 Å². The van der Waals surface area contributed by atoms with Crippen molar-refractivity contribution in [1.82, 2.24) is 10.2 Å². The van der Waals surface area contributed by atoms with Gasteiger partial charge < -0.3 is 15.0 Å². The Kier molecular flexibility index (Phi) is 8.33. The van der Waals surface area contributed by atoms with Gasteiger partial charge in [-0.3, -0.25) is 9.79 Å². The van der Waals surface area contributed by atoms with Crippen molar-refractivity contribution < 1.29 is 23.1 Å². The minimum atomic E-state index is -0.688. The Labute approximate surface area is 234 Å². The highest BCUT2D eigenvalue weighted by Gasteiger charge is 2.41. The van der Waals surface area contributed by atoms with Crippen LogP contribution in [0.25, 0.3) is 6.08 Å². The standard InChI is InChI=1S/C32H37F2N3O3/c1-32-14-4-3-5-28(32)35-20-27(32)22-7-9-26(10-8-22)36-30(31(39)40-2)23-12-15-37(16-13-23)29(38)11-6-21-17-24(33)19-25(34)18-21/h3-6,11,17-20,22-23,30,35H,7-10,12-16H2,1-2H3/b11-6+,36-26?. The summed E-state index contributed by atoms with van der Waals surface area (Å²) >= 11 is 0. The van der Waals surface area contributed by atoms with Crippen LogP contribution in [0.2, 0.25) is 0 Å². The Hall–Kier alpha value is -3.55. The molecule has 40 heavy (non-hydrogen) atoms. The van der Waals surface area contributed by atoms with Gasteiger partial charge in [-0.15, -0.1) is 0 Å². The molecule has 2 unspecified atom stereocenters. The second kappa shape index (κ2) is 11.9. The molecule has 0 radical (unpaired) electrons. The lowest BCUT2D eigenvalue weighted by atomic mass is 9.68. The minimum Gasteiger partial charge on any atom is -0.467 e. The van der Waals surface area contributed by atoms with Crippen LogP contribution in [0.4, 0.5) is 8.78 Å². The monoisotopic (exact) mass is 549 g/mol. The van der Waals surface area contributed by atoms with E-state index in [0.717, 1.165) is 43.9 Å². The summed E-state index contributed by atoms with van der Waals surface area (Å²) in [5, 5.41) is 3.48. The predicted octanol–water partition coefficient (Wildman–Crippen LogP) is 5.73. The van der Waals surface area contributed by atoms with Crippen molar-refractivity contribution in [2.45, 2.75) is 57.9 Å². The Balaban J connectivity index is 1.17. The largest absolute Gasteiger partial charge is 0.467 e. The number of carbonyl (C=O) groups excluding carboxylic acids is 2. The fourth-order valence-electron chi connectivity index (χ4n) is 6.56. The van der Waals surface area contributed by atoms with Crippen LogP contribution in [0.1, 0.15) is 57.4 Å². The molecule has 0 aromatic heterocycles. The van der Waals surface area contributed by atoms with Crippen LogP contribution in [0.3, 0.4) is 0 Å². The highest BCUT2D eigenvalue weighted by atomic mass is 19.1. The van der Waals surface area contributed by atoms with Crippen LogP contribution in [0.5, 0.6) is 0 Å². The maximum atomic E-state index is 13.4. The highest BCUT2D eigenvalue weighted by Crippen LogP contribution is 2.49. The number of hydrogen-bond donors (Lipinski definition) is 1. The van der Waals surface area contributed by atoms with E-state index in [1.54, 1.807) is 4.90 Å². The normalized spacial score (nSPS) is 25.6. The summed E-state index contributed by atoms with van der Waals surface area (Å²) in [5.74, 6) is -1.44. The average Bonchev–Trinajstić information content (AvgIpc) is 3.31. The molecule has 1 aromatic carbocycles. The molecule has 4 aliphatic rings. The molecule has 212 valence electrons. The number of likely N-dealkylation sites (tertiary alicyclic amines) is 1. The molecule has 1 aromatic rings. The van der Waals surface area contributed by atoms with E-state index in [2.05, 4.69) is 36.7 Å². The lowest BCUT2D eigenvalue weighted by Gasteiger charge is -2.36. The van der Waals surface area contributed by atoms with E-state index >= 15 is 0 Å². The van der Waals surface area contributed by atoms with Crippen LogP contribution < -0.4 is 5.32 Å². The number of hydrogen-bond acceptors (Lipinski definition) is 5. The van der Waals surface area contributed by atoms with Crippen LogP contribution in [-0.2, 0) is 14.3 Å². The average molecular weight is 550 g/mol. The summed E-state index contributed by atoms with van der Waals surface area (Å²) in [6, 6.07) is 2.58. The molecular weight excluding hydrogens is 512 g/mol. The second-order valence-corrected chi connectivity index (χ2v) is 11.4. The third-order valence-corrected chi connectivity index (χ3v) is 8.91. The fraction of sp³-hybridized carbons (Fsp3) is 0.469. The number of halogens is 2. The van der Waals surface area contributed by atoms with Crippen molar-refractivity contribution in [3.8, 4) is 0 Å². The highest BCUT2D eigenvalue weighted by molar-refractivity contribution is 5.92. The van der Waals surface area contributed by atoms with E-state index in [1.807, 2.05) is 0 Å². The molecule has 1 amide bonds. The first-order chi connectivity index (χ1) is 19.3. The van der Waals surface area contributed by atoms with E-state index in [-0.39, 0.29) is 23.2 Å². The summed E-state index contributed by atoms with van der Waals surface area (Å²) in [7, 11) is 1.40. The van der Waals surface area contributed by atoms with Crippen LogP contribution >= 0.6 is 0 Å². The summed E-state index contributed by atoms with van der Waals surface area (Å²) in [5.41, 5.74) is 4.17. The van der Waals surface area contributed by atoms with Gasteiger partial charge in [0.1, 0.15) is 17.7 Å². The third-order valence-electron chi connectivity index (χ3n) is 8.91. The van der Waals surface area contributed by atoms with Gasteiger partial charge in [0.25, 0.3) is 0 Å². The number of rotatable bonds is 6. The van der Waals surface area contributed by atoms with E-state index < -0.39 is 17.7 Å². The number of piperidine rings is 1. The van der Waals surface area contributed by atoms with Crippen molar-refractivity contribution in [3.05, 3.63) is 77.2 Å². The number of nitrogens with zero attached hydrogens (tertiary/aromatic N) is 2. The molecule has 1 saturated heterocycles. The lowest BCUT2D eigenvalue weighted by molar-refractivity contribution is -0.144. The van der Waals surface area contributed by atoms with Crippen molar-refractivity contribution in [2.24, 2.45) is 22.2 Å². The Morgan fingerprint density at radius 2 is 1.82 bits per heavy atom. The van der Waals surface area contributed by atoms with Gasteiger partial charge in [0.2, 0.25) is 5.91 Å². The topological polar surface area (TPSA) is 71.0 Å². The Morgan fingerprint density at radius 1 is 1.12 bits per heavy atom. The first kappa shape index (κ1) is 28.0. The molecule has 2 aliphatic carbocycles. The molecule has 5 rings (SSSR count). The van der Waals surface area contributed by atoms with E-state index in [9.17, 15) is 18.4 Å². The number of ether oxygens (including phenoxy) is 1. The van der Waals surface area contributed by atoms with Gasteiger partial charge in [0.05, 0.1) is 7.11 Å². The third kappa shape index (κ3) is 5.96. The van der Waals surface area contributed by atoms with Gasteiger partial charge in [-0.25, -0.2) is 13.6 Å². The first-order valence-electron chi connectivity index (χ1n) is 14.2. The molecule has 2 heterocycles. The number of amides is 1. The smallest absolute Gasteiger partial charge is 0.330 e. The van der Waals surface area contributed by atoms with Crippen LogP contribution in [0, 0.1) is 28.9 Å². The van der Waals surface area contributed by atoms with E-state index in [1.165, 1.54) is 42.7 Å². The number of fused-ring (bicyclic) bond motifs is 1. The number of benzene rings is 1. The summed E-state index contributed by atoms with van der Waals surface area (Å²) in [6.07, 6.45) is 17.5. The number of carbonyl (C=O) groups is 2. The summed E-state index contributed by atoms with van der Waals surface area (Å²) in [4.78, 5) is 32.1. The Bertz CT molecular complexity index is 1280. The zero-order valence-electron chi connectivity index (χ0n) is 23.2. The molecule has 1 N–H and O–H groups in total. The molecular formula is C32H37F2N3O3. The number of allylic oxidation sites excluding steroid dienone is 4. The molecule has 0 bridgehead atoms. The molecule has 2 atom stereocenters. The quantitative estimate of drug-likeness (QED) is 0.364. The van der Waals surface area contributed by atoms with E-state index in [4.69, 9.17) is 9.73 Å². The van der Waals surface area contributed by atoms with Gasteiger partial charge in [-0.05, 0) is 99.1 Å². The van der Waals surface area contributed by atoms with Gasteiger partial charge in [-0.1, -0.05) is 12.2 Å². The van der Waals surface area contributed by atoms with Gasteiger partial charge >= 0.3 is 5.97 Å². The molecule has 0 spiro atoms. The lowest BCUT2D eigenvalue weighted by Crippen LogP contribution is -2.42. The molecule has 8 heteroatoms. The molecule has 2 aliphatic heterocycles. The number of methoxy groups -OCH3 is 1. The predicted molar refractivity (Wildman–Crippen MR) is 151 cm³/mol. The zero-order valence-corrected chi connectivity index (χ0v) is 23.2. The SMILES string of the molecule is COC(=O)C(N=C1CCC(C2=CNC3=CC=CCC32C)CC1)C1CCN(C(=O)/C=C/c2cc(F)cc(F)c2)CC1.